The Morgan fingerprint density at radius 1 is 1.57 bits per heavy atom. The summed E-state index contributed by atoms with van der Waals surface area (Å²) in [7, 11) is 1.36. The van der Waals surface area contributed by atoms with Gasteiger partial charge in [-0.05, 0) is 6.92 Å². The first-order valence-corrected chi connectivity index (χ1v) is 4.18. The molecule has 0 fully saturated rings. The van der Waals surface area contributed by atoms with E-state index in [9.17, 15) is 9.59 Å². The van der Waals surface area contributed by atoms with E-state index in [0.29, 0.717) is 0 Å². The molecule has 78 valence electrons. The number of nitrogen functional groups attached to an aromatic ring is 1. The summed E-state index contributed by atoms with van der Waals surface area (Å²) in [6, 6.07) is 1.16. The van der Waals surface area contributed by atoms with Gasteiger partial charge in [-0.15, -0.1) is 0 Å². The Morgan fingerprint density at radius 3 is 2.64 bits per heavy atom. The fraction of sp³-hybridized carbons (Fsp3) is 0.500. The zero-order chi connectivity index (χ0) is 10.9. The zero-order valence-corrected chi connectivity index (χ0v) is 8.10. The van der Waals surface area contributed by atoms with Gasteiger partial charge in [0, 0.05) is 13.1 Å². The van der Waals surface area contributed by atoms with Crippen molar-refractivity contribution in [2.75, 3.05) is 5.73 Å². The van der Waals surface area contributed by atoms with Crippen LogP contribution < -0.4 is 17.0 Å². The molecule has 0 aliphatic rings. The number of hydrogen-bond donors (Lipinski definition) is 2. The molecule has 0 aromatic carbocycles. The molecule has 0 bridgehead atoms. The van der Waals surface area contributed by atoms with Crippen molar-refractivity contribution in [1.29, 1.82) is 0 Å². The van der Waals surface area contributed by atoms with E-state index in [2.05, 4.69) is 0 Å². The van der Waals surface area contributed by atoms with Crippen LogP contribution in [0.2, 0.25) is 0 Å². The summed E-state index contributed by atoms with van der Waals surface area (Å²) in [6.07, 6.45) is -0.687. The van der Waals surface area contributed by atoms with Gasteiger partial charge in [0.2, 0.25) is 0 Å². The van der Waals surface area contributed by atoms with Crippen LogP contribution in [0.1, 0.15) is 6.92 Å². The molecular weight excluding hydrogens is 186 g/mol. The van der Waals surface area contributed by atoms with Crippen molar-refractivity contribution in [2.45, 2.75) is 19.6 Å². The van der Waals surface area contributed by atoms with Crippen molar-refractivity contribution in [1.82, 2.24) is 9.13 Å². The molecule has 1 atom stereocenters. The molecule has 0 amide bonds. The van der Waals surface area contributed by atoms with E-state index in [0.717, 1.165) is 15.2 Å². The first kappa shape index (κ1) is 10.5. The van der Waals surface area contributed by atoms with Crippen molar-refractivity contribution in [3.8, 4) is 0 Å². The molecule has 14 heavy (non-hydrogen) atoms. The first-order chi connectivity index (χ1) is 6.43. The fourth-order valence-corrected chi connectivity index (χ4v) is 1.13. The van der Waals surface area contributed by atoms with Gasteiger partial charge in [0.05, 0.1) is 12.6 Å². The Labute approximate surface area is 80.2 Å². The molecule has 0 radical (unpaired) electrons. The Bertz CT molecular complexity index is 444. The molecule has 0 spiro atoms. The van der Waals surface area contributed by atoms with Crippen LogP contribution in [0, 0.1) is 0 Å². The molecule has 0 aliphatic heterocycles. The highest BCUT2D eigenvalue weighted by atomic mass is 16.3. The van der Waals surface area contributed by atoms with E-state index in [-0.39, 0.29) is 12.4 Å². The summed E-state index contributed by atoms with van der Waals surface area (Å²) in [6.45, 7) is 1.62. The molecule has 3 N–H and O–H groups in total. The van der Waals surface area contributed by atoms with Crippen LogP contribution >= 0.6 is 0 Å². The van der Waals surface area contributed by atoms with Crippen LogP contribution in [-0.2, 0) is 13.6 Å². The second-order valence-electron chi connectivity index (χ2n) is 3.21. The van der Waals surface area contributed by atoms with Crippen molar-refractivity contribution >= 4 is 5.82 Å². The third-order valence-corrected chi connectivity index (χ3v) is 1.88. The number of anilines is 1. The number of rotatable bonds is 2. The standard InChI is InChI=1S/C8H13N3O3/c1-5(12)4-11-6(9)3-7(13)10(2)8(11)14/h3,5,12H,4,9H2,1-2H3. The lowest BCUT2D eigenvalue weighted by Gasteiger charge is -2.11. The molecule has 6 heteroatoms. The van der Waals surface area contributed by atoms with Gasteiger partial charge in [0.1, 0.15) is 5.82 Å². The van der Waals surface area contributed by atoms with Gasteiger partial charge in [-0.1, -0.05) is 0 Å². The quantitative estimate of drug-likeness (QED) is 0.607. The Balaban J connectivity index is 3.37. The van der Waals surface area contributed by atoms with Crippen LogP contribution in [-0.4, -0.2) is 20.3 Å². The summed E-state index contributed by atoms with van der Waals surface area (Å²) >= 11 is 0. The van der Waals surface area contributed by atoms with Crippen LogP contribution in [0.4, 0.5) is 5.82 Å². The summed E-state index contributed by atoms with van der Waals surface area (Å²) in [5, 5.41) is 9.11. The molecular formula is C8H13N3O3. The lowest BCUT2D eigenvalue weighted by atomic mass is 10.4. The highest BCUT2D eigenvalue weighted by Gasteiger charge is 2.08. The molecule has 1 unspecified atom stereocenters. The molecule has 1 heterocycles. The number of nitrogens with zero attached hydrogens (tertiary/aromatic N) is 2. The minimum atomic E-state index is -0.687. The second-order valence-corrected chi connectivity index (χ2v) is 3.21. The smallest absolute Gasteiger partial charge is 0.332 e. The first-order valence-electron chi connectivity index (χ1n) is 4.18. The number of hydrogen-bond acceptors (Lipinski definition) is 4. The van der Waals surface area contributed by atoms with Gasteiger partial charge < -0.3 is 10.8 Å². The predicted molar refractivity (Wildman–Crippen MR) is 52.0 cm³/mol. The highest BCUT2D eigenvalue weighted by molar-refractivity contribution is 5.26. The molecule has 0 saturated carbocycles. The Kier molecular flexibility index (Phi) is 2.76. The average molecular weight is 199 g/mol. The largest absolute Gasteiger partial charge is 0.392 e. The van der Waals surface area contributed by atoms with Crippen molar-refractivity contribution in [2.24, 2.45) is 7.05 Å². The van der Waals surface area contributed by atoms with E-state index >= 15 is 0 Å². The number of aliphatic hydroxyl groups excluding tert-OH is 1. The van der Waals surface area contributed by atoms with E-state index in [1.54, 1.807) is 0 Å². The minimum absolute atomic E-state index is 0.0685. The third-order valence-electron chi connectivity index (χ3n) is 1.88. The average Bonchev–Trinajstić information content (AvgIpc) is 2.09. The van der Waals surface area contributed by atoms with E-state index in [1.807, 2.05) is 0 Å². The summed E-state index contributed by atoms with van der Waals surface area (Å²) < 4.78 is 2.10. The third kappa shape index (κ3) is 1.85. The Morgan fingerprint density at radius 2 is 2.14 bits per heavy atom. The molecule has 0 saturated heterocycles. The summed E-state index contributed by atoms with van der Waals surface area (Å²) in [5.41, 5.74) is 4.51. The molecule has 1 aromatic heterocycles. The number of aliphatic hydroxyl groups is 1. The molecule has 1 rings (SSSR count). The van der Waals surface area contributed by atoms with Gasteiger partial charge in [0.15, 0.2) is 0 Å². The van der Waals surface area contributed by atoms with Crippen molar-refractivity contribution < 1.29 is 5.11 Å². The topological polar surface area (TPSA) is 90.2 Å². The normalized spacial score (nSPS) is 12.8. The zero-order valence-electron chi connectivity index (χ0n) is 8.10. The van der Waals surface area contributed by atoms with Crippen molar-refractivity contribution in [3.63, 3.8) is 0 Å². The van der Waals surface area contributed by atoms with Crippen molar-refractivity contribution in [3.05, 3.63) is 26.9 Å². The SMILES string of the molecule is CC(O)Cn1c(N)cc(=O)n(C)c1=O. The lowest BCUT2D eigenvalue weighted by Crippen LogP contribution is -2.40. The van der Waals surface area contributed by atoms with E-state index < -0.39 is 17.4 Å². The number of aromatic nitrogens is 2. The maximum absolute atomic E-state index is 11.5. The number of nitrogens with two attached hydrogens (primary N) is 1. The monoisotopic (exact) mass is 199 g/mol. The van der Waals surface area contributed by atoms with Crippen LogP contribution in [0.15, 0.2) is 15.7 Å². The van der Waals surface area contributed by atoms with Crippen LogP contribution in [0.5, 0.6) is 0 Å². The molecule has 0 aliphatic carbocycles. The van der Waals surface area contributed by atoms with Gasteiger partial charge >= 0.3 is 5.69 Å². The summed E-state index contributed by atoms with van der Waals surface area (Å²) in [5.74, 6) is 0.0685. The van der Waals surface area contributed by atoms with Gasteiger partial charge in [-0.25, -0.2) is 4.79 Å². The second kappa shape index (κ2) is 3.67. The Hall–Kier alpha value is -1.56. The van der Waals surface area contributed by atoms with E-state index in [4.69, 9.17) is 10.8 Å². The minimum Gasteiger partial charge on any atom is -0.392 e. The summed E-state index contributed by atoms with van der Waals surface area (Å²) in [4.78, 5) is 22.6. The molecule has 1 aromatic rings. The van der Waals surface area contributed by atoms with Gasteiger partial charge in [-0.3, -0.25) is 13.9 Å². The fourth-order valence-electron chi connectivity index (χ4n) is 1.13. The maximum atomic E-state index is 11.5. The van der Waals surface area contributed by atoms with Crippen LogP contribution in [0.25, 0.3) is 0 Å². The molecule has 6 nitrogen and oxygen atoms in total. The van der Waals surface area contributed by atoms with E-state index in [1.165, 1.54) is 14.0 Å². The van der Waals surface area contributed by atoms with Crippen LogP contribution in [0.3, 0.4) is 0 Å². The van der Waals surface area contributed by atoms with Gasteiger partial charge in [-0.2, -0.15) is 0 Å². The maximum Gasteiger partial charge on any atom is 0.332 e. The highest BCUT2D eigenvalue weighted by Crippen LogP contribution is 1.95. The lowest BCUT2D eigenvalue weighted by molar-refractivity contribution is 0.171. The van der Waals surface area contributed by atoms with Gasteiger partial charge in [0.25, 0.3) is 5.56 Å². The predicted octanol–water partition coefficient (Wildman–Crippen LogP) is -1.49.